The van der Waals surface area contributed by atoms with Crippen molar-refractivity contribution in [1.29, 1.82) is 0 Å². The lowest BCUT2D eigenvalue weighted by molar-refractivity contribution is 0.234. The Morgan fingerprint density at radius 2 is 2.15 bits per heavy atom. The highest BCUT2D eigenvalue weighted by molar-refractivity contribution is 7.86. The van der Waals surface area contributed by atoms with Gasteiger partial charge in [0.05, 0.1) is 6.54 Å². The second kappa shape index (κ2) is 5.63. The van der Waals surface area contributed by atoms with Gasteiger partial charge in [-0.1, -0.05) is 6.42 Å². The molecular formula is C12H19ClN4O2S. The van der Waals surface area contributed by atoms with Crippen LogP contribution in [0.25, 0.3) is 0 Å². The molecular weight excluding hydrogens is 300 g/mol. The Labute approximate surface area is 124 Å². The number of fused-ring (bicyclic) bond motifs is 1. The molecule has 8 heteroatoms. The van der Waals surface area contributed by atoms with E-state index in [9.17, 15) is 8.42 Å². The Morgan fingerprint density at radius 1 is 1.30 bits per heavy atom. The van der Waals surface area contributed by atoms with Gasteiger partial charge in [0.15, 0.2) is 0 Å². The summed E-state index contributed by atoms with van der Waals surface area (Å²) < 4.78 is 30.7. The number of halogens is 1. The first-order valence-electron chi connectivity index (χ1n) is 6.96. The van der Waals surface area contributed by atoms with E-state index in [4.69, 9.17) is 11.6 Å². The van der Waals surface area contributed by atoms with Gasteiger partial charge < -0.3 is 4.57 Å². The fourth-order valence-corrected chi connectivity index (χ4v) is 5.14. The number of aromatic nitrogens is 2. The summed E-state index contributed by atoms with van der Waals surface area (Å²) in [6, 6.07) is -0.0721. The summed E-state index contributed by atoms with van der Waals surface area (Å²) in [5, 5.41) is 0. The third-order valence-electron chi connectivity index (χ3n) is 4.08. The molecule has 1 aromatic rings. The maximum absolute atomic E-state index is 12.8. The van der Waals surface area contributed by atoms with Gasteiger partial charge in [-0.2, -0.15) is 17.0 Å². The number of nitrogens with zero attached hydrogens (tertiary/aromatic N) is 4. The Bertz CT molecular complexity index is 574. The number of rotatable bonds is 3. The second-order valence-electron chi connectivity index (χ2n) is 5.29. The molecule has 20 heavy (non-hydrogen) atoms. The molecule has 112 valence electrons. The summed E-state index contributed by atoms with van der Waals surface area (Å²) >= 11 is 5.94. The van der Waals surface area contributed by atoms with Gasteiger partial charge in [-0.25, -0.2) is 4.98 Å². The minimum Gasteiger partial charge on any atom is -0.333 e. The summed E-state index contributed by atoms with van der Waals surface area (Å²) in [5.74, 6) is 1.17. The first-order valence-corrected chi connectivity index (χ1v) is 8.89. The Hall–Kier alpha value is -0.630. The second-order valence-corrected chi connectivity index (χ2v) is 7.48. The summed E-state index contributed by atoms with van der Waals surface area (Å²) in [7, 11) is -3.44. The lowest BCUT2D eigenvalue weighted by Crippen LogP contribution is -2.52. The predicted molar refractivity (Wildman–Crippen MR) is 76.6 cm³/mol. The molecule has 1 fully saturated rings. The van der Waals surface area contributed by atoms with Crippen LogP contribution in [0, 0.1) is 0 Å². The number of hydrogen-bond acceptors (Lipinski definition) is 3. The van der Waals surface area contributed by atoms with Gasteiger partial charge in [0.1, 0.15) is 5.82 Å². The van der Waals surface area contributed by atoms with Crippen LogP contribution in [0.5, 0.6) is 0 Å². The van der Waals surface area contributed by atoms with Crippen molar-refractivity contribution in [3.63, 3.8) is 0 Å². The molecule has 1 saturated heterocycles. The highest BCUT2D eigenvalue weighted by Gasteiger charge is 2.37. The van der Waals surface area contributed by atoms with E-state index in [0.29, 0.717) is 32.1 Å². The summed E-state index contributed by atoms with van der Waals surface area (Å²) in [6.45, 7) is 2.08. The summed E-state index contributed by atoms with van der Waals surface area (Å²) in [6.07, 6.45) is 6.42. The van der Waals surface area contributed by atoms with Crippen LogP contribution in [0.2, 0.25) is 0 Å². The van der Waals surface area contributed by atoms with Gasteiger partial charge >= 0.3 is 0 Å². The van der Waals surface area contributed by atoms with Crippen LogP contribution >= 0.6 is 11.6 Å². The minimum absolute atomic E-state index is 0.0721. The molecule has 0 aromatic carbocycles. The molecule has 0 saturated carbocycles. The largest absolute Gasteiger partial charge is 0.333 e. The van der Waals surface area contributed by atoms with Crippen molar-refractivity contribution in [2.75, 3.05) is 19.0 Å². The molecule has 1 aromatic heterocycles. The maximum Gasteiger partial charge on any atom is 0.282 e. The SMILES string of the molecule is O=S(=O)(N1CCn2ccnc2C1)N1CCCCC1CCl. The number of hydrogen-bond donors (Lipinski definition) is 0. The van der Waals surface area contributed by atoms with Crippen LogP contribution in [-0.2, 0) is 23.3 Å². The number of piperidine rings is 1. The third kappa shape index (κ3) is 2.47. The van der Waals surface area contributed by atoms with Crippen molar-refractivity contribution < 1.29 is 8.42 Å². The van der Waals surface area contributed by atoms with Gasteiger partial charge in [-0.3, -0.25) is 0 Å². The highest BCUT2D eigenvalue weighted by Crippen LogP contribution is 2.25. The normalized spacial score (nSPS) is 25.6. The smallest absolute Gasteiger partial charge is 0.282 e. The molecule has 2 aliphatic rings. The van der Waals surface area contributed by atoms with Crippen molar-refractivity contribution in [2.45, 2.75) is 38.4 Å². The van der Waals surface area contributed by atoms with Crippen molar-refractivity contribution in [3.8, 4) is 0 Å². The molecule has 2 aliphatic heterocycles. The molecule has 1 atom stereocenters. The van der Waals surface area contributed by atoms with Gasteiger partial charge in [-0.15, -0.1) is 11.6 Å². The molecule has 0 radical (unpaired) electrons. The van der Waals surface area contributed by atoms with Gasteiger partial charge in [0.2, 0.25) is 0 Å². The zero-order valence-electron chi connectivity index (χ0n) is 11.3. The topological polar surface area (TPSA) is 58.4 Å². The Balaban J connectivity index is 1.81. The van der Waals surface area contributed by atoms with Crippen molar-refractivity contribution in [3.05, 3.63) is 18.2 Å². The van der Waals surface area contributed by atoms with Crippen LogP contribution in [0.1, 0.15) is 25.1 Å². The van der Waals surface area contributed by atoms with E-state index in [0.717, 1.165) is 25.1 Å². The van der Waals surface area contributed by atoms with Gasteiger partial charge in [-0.05, 0) is 12.8 Å². The van der Waals surface area contributed by atoms with Crippen molar-refractivity contribution in [2.24, 2.45) is 0 Å². The van der Waals surface area contributed by atoms with E-state index in [1.807, 2.05) is 10.8 Å². The first-order chi connectivity index (χ1) is 9.63. The van der Waals surface area contributed by atoms with E-state index in [1.165, 1.54) is 4.31 Å². The quantitative estimate of drug-likeness (QED) is 0.782. The summed E-state index contributed by atoms with van der Waals surface area (Å²) in [4.78, 5) is 4.22. The van der Waals surface area contributed by atoms with E-state index >= 15 is 0 Å². The third-order valence-corrected chi connectivity index (χ3v) is 6.48. The zero-order chi connectivity index (χ0) is 14.2. The van der Waals surface area contributed by atoms with Crippen LogP contribution in [-0.4, -0.2) is 51.6 Å². The van der Waals surface area contributed by atoms with Crippen molar-refractivity contribution in [1.82, 2.24) is 18.2 Å². The van der Waals surface area contributed by atoms with E-state index in [-0.39, 0.29) is 6.04 Å². The lowest BCUT2D eigenvalue weighted by atomic mass is 10.1. The average Bonchev–Trinajstić information content (AvgIpc) is 2.94. The number of imidazole rings is 1. The first kappa shape index (κ1) is 14.3. The summed E-state index contributed by atoms with van der Waals surface area (Å²) in [5.41, 5.74) is 0. The molecule has 6 nitrogen and oxygen atoms in total. The molecule has 1 unspecified atom stereocenters. The molecule has 0 aliphatic carbocycles. The van der Waals surface area contributed by atoms with Gasteiger partial charge in [0, 0.05) is 43.9 Å². The molecule has 3 heterocycles. The molecule has 0 amide bonds. The van der Waals surface area contributed by atoms with Crippen LogP contribution in [0.15, 0.2) is 12.4 Å². The Morgan fingerprint density at radius 3 is 2.95 bits per heavy atom. The zero-order valence-corrected chi connectivity index (χ0v) is 12.9. The standard InChI is InChI=1S/C12H19ClN4O2S/c13-9-11-3-1-2-5-17(11)20(18,19)16-8-7-15-6-4-14-12(15)10-16/h4,6,11H,1-3,5,7-10H2. The van der Waals surface area contributed by atoms with E-state index in [2.05, 4.69) is 4.98 Å². The number of alkyl halides is 1. The van der Waals surface area contributed by atoms with Gasteiger partial charge in [0.25, 0.3) is 10.2 Å². The molecule has 0 spiro atoms. The van der Waals surface area contributed by atoms with Crippen molar-refractivity contribution >= 4 is 21.8 Å². The fourth-order valence-electron chi connectivity index (χ4n) is 2.93. The monoisotopic (exact) mass is 318 g/mol. The van der Waals surface area contributed by atoms with Crippen LogP contribution in [0.4, 0.5) is 0 Å². The van der Waals surface area contributed by atoms with E-state index < -0.39 is 10.2 Å². The molecule has 0 N–H and O–H groups in total. The fraction of sp³-hybridized carbons (Fsp3) is 0.750. The Kier molecular flexibility index (Phi) is 4.03. The predicted octanol–water partition coefficient (Wildman–Crippen LogP) is 1.04. The van der Waals surface area contributed by atoms with Crippen LogP contribution < -0.4 is 0 Å². The minimum atomic E-state index is -3.44. The average molecular weight is 319 g/mol. The maximum atomic E-state index is 12.8. The highest BCUT2D eigenvalue weighted by atomic mass is 35.5. The molecule has 3 rings (SSSR count). The van der Waals surface area contributed by atoms with Crippen LogP contribution in [0.3, 0.4) is 0 Å². The lowest BCUT2D eigenvalue weighted by Gasteiger charge is -2.38. The molecule has 0 bridgehead atoms. The van der Waals surface area contributed by atoms with E-state index in [1.54, 1.807) is 10.5 Å².